The van der Waals surface area contributed by atoms with E-state index < -0.39 is 0 Å². The van der Waals surface area contributed by atoms with E-state index in [0.29, 0.717) is 18.7 Å². The maximum Gasteiger partial charge on any atom is 0.326 e. The predicted molar refractivity (Wildman–Crippen MR) is 93.5 cm³/mol. The van der Waals surface area contributed by atoms with Gasteiger partial charge in [-0.1, -0.05) is 18.2 Å². The van der Waals surface area contributed by atoms with Gasteiger partial charge >= 0.3 is 5.69 Å². The van der Waals surface area contributed by atoms with E-state index in [-0.39, 0.29) is 11.6 Å². The molecule has 3 aromatic rings. The summed E-state index contributed by atoms with van der Waals surface area (Å²) in [5.41, 5.74) is 2.14. The van der Waals surface area contributed by atoms with Crippen molar-refractivity contribution >= 4 is 34.4 Å². The van der Waals surface area contributed by atoms with Crippen LogP contribution in [0.1, 0.15) is 11.8 Å². The van der Waals surface area contributed by atoms with Crippen molar-refractivity contribution in [2.75, 3.05) is 6.54 Å². The Morgan fingerprint density at radius 2 is 2.13 bits per heavy atom. The number of amides is 1. The molecule has 118 valence electrons. The van der Waals surface area contributed by atoms with Crippen molar-refractivity contribution < 1.29 is 4.79 Å². The molecule has 3 rings (SSSR count). The third kappa shape index (κ3) is 3.43. The van der Waals surface area contributed by atoms with Crippen LogP contribution in [0.2, 0.25) is 0 Å². The van der Waals surface area contributed by atoms with Gasteiger partial charge < -0.3 is 10.3 Å². The Kier molecular flexibility index (Phi) is 4.43. The molecule has 2 N–H and O–H groups in total. The highest BCUT2D eigenvalue weighted by atomic mass is 32.1. The van der Waals surface area contributed by atoms with Crippen molar-refractivity contribution in [3.63, 3.8) is 0 Å². The minimum Gasteiger partial charge on any atom is -0.351 e. The minimum atomic E-state index is -0.161. The van der Waals surface area contributed by atoms with Crippen LogP contribution in [0.25, 0.3) is 17.1 Å². The summed E-state index contributed by atoms with van der Waals surface area (Å²) in [5, 5.41) is 4.82. The fraction of sp³-hybridized carbons (Fsp3) is 0.176. The average Bonchev–Trinajstić information content (AvgIpc) is 3.15. The molecule has 0 saturated carbocycles. The number of hydrogen-bond acceptors (Lipinski definition) is 3. The van der Waals surface area contributed by atoms with Gasteiger partial charge in [0.05, 0.1) is 11.0 Å². The number of aromatic nitrogens is 2. The quantitative estimate of drug-likeness (QED) is 0.707. The minimum absolute atomic E-state index is 0.119. The van der Waals surface area contributed by atoms with Crippen LogP contribution in [0.4, 0.5) is 0 Å². The normalized spacial score (nSPS) is 11.8. The van der Waals surface area contributed by atoms with Crippen molar-refractivity contribution in [1.82, 2.24) is 14.9 Å². The van der Waals surface area contributed by atoms with Crippen molar-refractivity contribution in [2.45, 2.75) is 13.5 Å². The van der Waals surface area contributed by atoms with Crippen molar-refractivity contribution in [1.29, 1.82) is 0 Å². The van der Waals surface area contributed by atoms with Gasteiger partial charge in [0.25, 0.3) is 0 Å². The van der Waals surface area contributed by atoms with Crippen LogP contribution in [0.5, 0.6) is 0 Å². The first-order valence-electron chi connectivity index (χ1n) is 7.33. The van der Waals surface area contributed by atoms with Gasteiger partial charge in [-0.15, -0.1) is 11.3 Å². The Balaban J connectivity index is 1.64. The monoisotopic (exact) mass is 327 g/mol. The number of thiophene rings is 1. The van der Waals surface area contributed by atoms with Gasteiger partial charge in [-0.05, 0) is 36.6 Å². The summed E-state index contributed by atoms with van der Waals surface area (Å²) in [6.07, 6.45) is 1.86. The predicted octanol–water partition coefficient (Wildman–Crippen LogP) is 2.61. The van der Waals surface area contributed by atoms with Gasteiger partial charge in [-0.2, -0.15) is 0 Å². The van der Waals surface area contributed by atoms with Gasteiger partial charge in [-0.3, -0.25) is 9.36 Å². The number of imidazole rings is 1. The molecule has 0 spiro atoms. The lowest BCUT2D eigenvalue weighted by molar-refractivity contribution is -0.117. The molecular formula is C17H17N3O2S. The molecule has 0 saturated heterocycles. The maximum absolute atomic E-state index is 12.1. The summed E-state index contributed by atoms with van der Waals surface area (Å²) in [6.45, 7) is 2.62. The molecule has 0 aliphatic rings. The molecule has 0 unspecified atom stereocenters. The first kappa shape index (κ1) is 15.3. The number of fused-ring (bicyclic) bond motifs is 1. The number of nitrogens with one attached hydrogen (secondary N) is 2. The highest BCUT2D eigenvalue weighted by Crippen LogP contribution is 2.13. The zero-order chi connectivity index (χ0) is 16.2. The number of rotatable bonds is 5. The van der Waals surface area contributed by atoms with Crippen molar-refractivity contribution in [3.05, 3.63) is 62.7 Å². The highest BCUT2D eigenvalue weighted by Gasteiger charge is 2.07. The van der Waals surface area contributed by atoms with E-state index in [4.69, 9.17) is 0 Å². The Morgan fingerprint density at radius 3 is 2.91 bits per heavy atom. The van der Waals surface area contributed by atoms with Crippen LogP contribution < -0.4 is 11.0 Å². The molecule has 0 fully saturated rings. The summed E-state index contributed by atoms with van der Waals surface area (Å²) in [4.78, 5) is 27.9. The van der Waals surface area contributed by atoms with Gasteiger partial charge in [0.2, 0.25) is 5.91 Å². The average molecular weight is 327 g/mol. The maximum atomic E-state index is 12.1. The van der Waals surface area contributed by atoms with Gasteiger partial charge in [0.1, 0.15) is 0 Å². The van der Waals surface area contributed by atoms with E-state index in [0.717, 1.165) is 15.9 Å². The second-order valence-electron chi connectivity index (χ2n) is 5.20. The number of carbonyl (C=O) groups is 1. The van der Waals surface area contributed by atoms with E-state index in [1.54, 1.807) is 22.8 Å². The Morgan fingerprint density at radius 1 is 1.30 bits per heavy atom. The zero-order valence-electron chi connectivity index (χ0n) is 12.7. The molecule has 0 aliphatic heterocycles. The molecular weight excluding hydrogens is 310 g/mol. The lowest BCUT2D eigenvalue weighted by atomic mass is 10.2. The third-order valence-corrected chi connectivity index (χ3v) is 4.38. The van der Waals surface area contributed by atoms with Crippen LogP contribution >= 0.6 is 11.3 Å². The van der Waals surface area contributed by atoms with Crippen LogP contribution in [0, 0.1) is 0 Å². The van der Waals surface area contributed by atoms with Gasteiger partial charge in [-0.25, -0.2) is 4.79 Å². The number of carbonyl (C=O) groups excluding carboxylic acids is 1. The number of H-pyrrole nitrogens is 1. The first-order valence-corrected chi connectivity index (χ1v) is 8.20. The van der Waals surface area contributed by atoms with E-state index in [1.165, 1.54) is 0 Å². The summed E-state index contributed by atoms with van der Waals surface area (Å²) in [7, 11) is 0. The lowest BCUT2D eigenvalue weighted by Crippen LogP contribution is -2.30. The van der Waals surface area contributed by atoms with Crippen LogP contribution in [0.3, 0.4) is 0 Å². The van der Waals surface area contributed by atoms with Crippen LogP contribution in [-0.4, -0.2) is 22.0 Å². The number of benzene rings is 1. The third-order valence-electron chi connectivity index (χ3n) is 3.56. The zero-order valence-corrected chi connectivity index (χ0v) is 13.5. The number of para-hydroxylation sites is 2. The van der Waals surface area contributed by atoms with E-state index in [2.05, 4.69) is 10.3 Å². The number of aromatic amines is 1. The molecule has 1 amide bonds. The number of hydrogen-bond donors (Lipinski definition) is 2. The van der Waals surface area contributed by atoms with Crippen molar-refractivity contribution in [3.8, 4) is 0 Å². The Bertz CT molecular complexity index is 903. The summed E-state index contributed by atoms with van der Waals surface area (Å²) >= 11 is 1.59. The molecule has 5 nitrogen and oxygen atoms in total. The molecule has 23 heavy (non-hydrogen) atoms. The number of nitrogens with zero attached hydrogens (tertiary/aromatic N) is 1. The fourth-order valence-electron chi connectivity index (χ4n) is 2.40. The second-order valence-corrected chi connectivity index (χ2v) is 6.18. The molecule has 2 heterocycles. The molecule has 1 aromatic carbocycles. The topological polar surface area (TPSA) is 66.9 Å². The van der Waals surface area contributed by atoms with E-state index in [1.807, 2.05) is 47.9 Å². The summed E-state index contributed by atoms with van der Waals surface area (Å²) in [5.74, 6) is -0.119. The molecule has 2 aromatic heterocycles. The highest BCUT2D eigenvalue weighted by molar-refractivity contribution is 7.10. The summed E-state index contributed by atoms with van der Waals surface area (Å²) < 4.78 is 1.63. The Hall–Kier alpha value is -2.60. The molecule has 0 atom stereocenters. The molecule has 0 bridgehead atoms. The molecule has 0 aliphatic carbocycles. The molecule has 0 radical (unpaired) electrons. The molecule has 6 heteroatoms. The SMILES string of the molecule is C/C(=C\c1cccs1)C(=O)NCCn1c(=O)[nH]c2ccccc21. The summed E-state index contributed by atoms with van der Waals surface area (Å²) in [6, 6.07) is 11.4. The standard InChI is InChI=1S/C17H17N3O2S/c1-12(11-13-5-4-10-23-13)16(21)18-8-9-20-15-7-3-2-6-14(15)19-17(20)22/h2-7,10-11H,8-9H2,1H3,(H,18,21)(H,19,22)/b12-11+. The second kappa shape index (κ2) is 6.66. The van der Waals surface area contributed by atoms with Gasteiger partial charge in [0, 0.05) is 23.5 Å². The lowest BCUT2D eigenvalue weighted by Gasteiger charge is -2.06. The smallest absolute Gasteiger partial charge is 0.326 e. The largest absolute Gasteiger partial charge is 0.351 e. The van der Waals surface area contributed by atoms with E-state index in [9.17, 15) is 9.59 Å². The van der Waals surface area contributed by atoms with Crippen LogP contribution in [-0.2, 0) is 11.3 Å². The van der Waals surface area contributed by atoms with E-state index >= 15 is 0 Å². The van der Waals surface area contributed by atoms with Gasteiger partial charge in [0.15, 0.2) is 0 Å². The van der Waals surface area contributed by atoms with Crippen molar-refractivity contribution in [2.24, 2.45) is 0 Å². The Labute approximate surface area is 137 Å². The van der Waals surface area contributed by atoms with Crippen LogP contribution in [0.15, 0.2) is 52.1 Å². The fourth-order valence-corrected chi connectivity index (χ4v) is 3.12. The first-order chi connectivity index (χ1) is 11.1.